The van der Waals surface area contributed by atoms with E-state index in [0.717, 1.165) is 16.5 Å². The highest BCUT2D eigenvalue weighted by atomic mass is 79.9. The summed E-state index contributed by atoms with van der Waals surface area (Å²) in [6, 6.07) is 5.59. The lowest BCUT2D eigenvalue weighted by Gasteiger charge is -2.07. The maximum absolute atomic E-state index is 11.7. The highest BCUT2D eigenvalue weighted by molar-refractivity contribution is 9.10. The summed E-state index contributed by atoms with van der Waals surface area (Å²) in [5.74, 6) is 0.525. The van der Waals surface area contributed by atoms with Gasteiger partial charge in [0.05, 0.1) is 0 Å². The van der Waals surface area contributed by atoms with Crippen molar-refractivity contribution in [3.63, 3.8) is 0 Å². The number of benzene rings is 1. The molecule has 0 fully saturated rings. The molecule has 0 heterocycles. The van der Waals surface area contributed by atoms with Gasteiger partial charge in [0.1, 0.15) is 0 Å². The topological polar surface area (TPSA) is 29.1 Å². The Bertz CT molecular complexity index is 354. The van der Waals surface area contributed by atoms with Crippen LogP contribution < -0.4 is 5.32 Å². The van der Waals surface area contributed by atoms with Crippen molar-refractivity contribution in [3.05, 3.63) is 33.8 Å². The van der Waals surface area contributed by atoms with Crippen molar-refractivity contribution in [3.8, 4) is 0 Å². The van der Waals surface area contributed by atoms with Gasteiger partial charge >= 0.3 is 0 Å². The van der Waals surface area contributed by atoms with E-state index in [0.29, 0.717) is 18.0 Å². The Hall–Kier alpha value is -0.540. The van der Waals surface area contributed by atoms with E-state index >= 15 is 0 Å². The largest absolute Gasteiger partial charge is 0.352 e. The lowest BCUT2D eigenvalue weighted by molar-refractivity contribution is 0.0953. The molecule has 4 heteroatoms. The van der Waals surface area contributed by atoms with Crippen LogP contribution in [0.4, 0.5) is 0 Å². The zero-order valence-corrected chi connectivity index (χ0v) is 10.9. The van der Waals surface area contributed by atoms with Gasteiger partial charge in [0.2, 0.25) is 0 Å². The lowest BCUT2D eigenvalue weighted by atomic mass is 10.1. The standard InChI is InChI=1S/C11H13BrClNO/c1-8-9(4-2-5-10(8)12)11(15)14-7-3-6-13/h2,4-5H,3,6-7H2,1H3,(H,14,15). The van der Waals surface area contributed by atoms with Gasteiger partial charge < -0.3 is 5.32 Å². The first kappa shape index (κ1) is 12.5. The third-order valence-corrected chi connectivity index (χ3v) is 3.23. The highest BCUT2D eigenvalue weighted by Gasteiger charge is 2.09. The number of nitrogens with one attached hydrogen (secondary N) is 1. The molecule has 0 aliphatic rings. The summed E-state index contributed by atoms with van der Waals surface area (Å²) in [7, 11) is 0. The maximum atomic E-state index is 11.7. The number of alkyl halides is 1. The Labute approximate surface area is 103 Å². The number of halogens is 2. The number of hydrogen-bond acceptors (Lipinski definition) is 1. The first-order chi connectivity index (χ1) is 7.16. The number of carbonyl (C=O) groups excluding carboxylic acids is 1. The Kier molecular flexibility index (Phi) is 5.12. The van der Waals surface area contributed by atoms with E-state index in [1.165, 1.54) is 0 Å². The monoisotopic (exact) mass is 289 g/mol. The number of carbonyl (C=O) groups is 1. The van der Waals surface area contributed by atoms with E-state index in [1.54, 1.807) is 0 Å². The zero-order valence-electron chi connectivity index (χ0n) is 8.52. The van der Waals surface area contributed by atoms with Crippen LogP contribution in [-0.4, -0.2) is 18.3 Å². The quantitative estimate of drug-likeness (QED) is 0.670. The molecule has 0 saturated carbocycles. The Morgan fingerprint density at radius 3 is 2.93 bits per heavy atom. The molecule has 15 heavy (non-hydrogen) atoms. The first-order valence-corrected chi connectivity index (χ1v) is 6.09. The van der Waals surface area contributed by atoms with Crippen LogP contribution in [0.1, 0.15) is 22.3 Å². The van der Waals surface area contributed by atoms with Crippen molar-refractivity contribution in [1.82, 2.24) is 5.32 Å². The lowest BCUT2D eigenvalue weighted by Crippen LogP contribution is -2.25. The van der Waals surface area contributed by atoms with Crippen molar-refractivity contribution >= 4 is 33.4 Å². The molecular formula is C11H13BrClNO. The molecule has 0 aliphatic carbocycles. The van der Waals surface area contributed by atoms with Gasteiger partial charge in [-0.15, -0.1) is 11.6 Å². The molecule has 1 N–H and O–H groups in total. The highest BCUT2D eigenvalue weighted by Crippen LogP contribution is 2.19. The Morgan fingerprint density at radius 1 is 1.53 bits per heavy atom. The fraction of sp³-hybridized carbons (Fsp3) is 0.364. The van der Waals surface area contributed by atoms with E-state index in [-0.39, 0.29) is 5.91 Å². The van der Waals surface area contributed by atoms with Gasteiger partial charge in [0.25, 0.3) is 5.91 Å². The second-order valence-electron chi connectivity index (χ2n) is 3.21. The fourth-order valence-corrected chi connectivity index (χ4v) is 1.72. The summed E-state index contributed by atoms with van der Waals surface area (Å²) in [4.78, 5) is 11.7. The van der Waals surface area contributed by atoms with Gasteiger partial charge in [0.15, 0.2) is 0 Å². The molecule has 1 amide bonds. The van der Waals surface area contributed by atoms with Crippen LogP contribution in [0.5, 0.6) is 0 Å². The molecule has 1 aromatic rings. The predicted molar refractivity (Wildman–Crippen MR) is 66.5 cm³/mol. The summed E-state index contributed by atoms with van der Waals surface area (Å²) >= 11 is 8.92. The van der Waals surface area contributed by atoms with Crippen molar-refractivity contribution in [2.75, 3.05) is 12.4 Å². The van der Waals surface area contributed by atoms with Gasteiger partial charge in [-0.05, 0) is 31.0 Å². The van der Waals surface area contributed by atoms with Crippen molar-refractivity contribution in [2.24, 2.45) is 0 Å². The second kappa shape index (κ2) is 6.13. The number of amides is 1. The van der Waals surface area contributed by atoms with E-state index in [9.17, 15) is 4.79 Å². The Morgan fingerprint density at radius 2 is 2.27 bits per heavy atom. The number of hydrogen-bond donors (Lipinski definition) is 1. The molecule has 2 nitrogen and oxygen atoms in total. The summed E-state index contributed by atoms with van der Waals surface area (Å²) < 4.78 is 0.951. The van der Waals surface area contributed by atoms with Gasteiger partial charge in [-0.25, -0.2) is 0 Å². The smallest absolute Gasteiger partial charge is 0.251 e. The van der Waals surface area contributed by atoms with Gasteiger partial charge in [-0.2, -0.15) is 0 Å². The van der Waals surface area contributed by atoms with E-state index in [2.05, 4.69) is 21.2 Å². The molecule has 82 valence electrons. The minimum absolute atomic E-state index is 0.0427. The molecular weight excluding hydrogens is 277 g/mol. The summed E-state index contributed by atoms with van der Waals surface area (Å²) in [5.41, 5.74) is 1.67. The molecule has 0 aliphatic heterocycles. The average Bonchev–Trinajstić information content (AvgIpc) is 2.22. The molecule has 0 saturated heterocycles. The summed E-state index contributed by atoms with van der Waals surface area (Å²) in [5, 5.41) is 2.82. The molecule has 1 rings (SSSR count). The molecule has 1 aromatic carbocycles. The molecule has 0 aromatic heterocycles. The molecule has 0 atom stereocenters. The summed E-state index contributed by atoms with van der Waals surface area (Å²) in [6.45, 7) is 2.54. The third kappa shape index (κ3) is 3.50. The van der Waals surface area contributed by atoms with Crippen LogP contribution in [0, 0.1) is 6.92 Å². The Balaban J connectivity index is 2.69. The third-order valence-electron chi connectivity index (χ3n) is 2.11. The van der Waals surface area contributed by atoms with Crippen LogP contribution >= 0.6 is 27.5 Å². The molecule has 0 unspecified atom stereocenters. The van der Waals surface area contributed by atoms with Crippen molar-refractivity contribution in [1.29, 1.82) is 0 Å². The van der Waals surface area contributed by atoms with E-state index < -0.39 is 0 Å². The number of rotatable bonds is 4. The molecule has 0 radical (unpaired) electrons. The van der Waals surface area contributed by atoms with Gasteiger partial charge in [-0.1, -0.05) is 22.0 Å². The SMILES string of the molecule is Cc1c(Br)cccc1C(=O)NCCCCl. The normalized spacial score (nSPS) is 10.1. The van der Waals surface area contributed by atoms with E-state index in [1.807, 2.05) is 25.1 Å². The van der Waals surface area contributed by atoms with Crippen LogP contribution in [0.15, 0.2) is 22.7 Å². The minimum atomic E-state index is -0.0427. The zero-order chi connectivity index (χ0) is 11.3. The van der Waals surface area contributed by atoms with Crippen LogP contribution in [0.3, 0.4) is 0 Å². The maximum Gasteiger partial charge on any atom is 0.251 e. The van der Waals surface area contributed by atoms with Crippen molar-refractivity contribution in [2.45, 2.75) is 13.3 Å². The first-order valence-electron chi connectivity index (χ1n) is 4.76. The predicted octanol–water partition coefficient (Wildman–Crippen LogP) is 3.12. The molecule has 0 bridgehead atoms. The van der Waals surface area contributed by atoms with Crippen LogP contribution in [0.25, 0.3) is 0 Å². The van der Waals surface area contributed by atoms with Gasteiger partial charge in [-0.3, -0.25) is 4.79 Å². The molecule has 0 spiro atoms. The fourth-order valence-electron chi connectivity index (χ4n) is 1.22. The minimum Gasteiger partial charge on any atom is -0.352 e. The summed E-state index contributed by atoms with van der Waals surface area (Å²) in [6.07, 6.45) is 0.792. The van der Waals surface area contributed by atoms with E-state index in [4.69, 9.17) is 11.6 Å². The van der Waals surface area contributed by atoms with Crippen molar-refractivity contribution < 1.29 is 4.79 Å². The van der Waals surface area contributed by atoms with Gasteiger partial charge in [0, 0.05) is 22.5 Å². The average molecular weight is 291 g/mol. The van der Waals surface area contributed by atoms with Crippen LogP contribution in [-0.2, 0) is 0 Å². The second-order valence-corrected chi connectivity index (χ2v) is 4.44. The van der Waals surface area contributed by atoms with Crippen LogP contribution in [0.2, 0.25) is 0 Å².